The van der Waals surface area contributed by atoms with Gasteiger partial charge in [0.05, 0.1) is 5.92 Å². The third-order valence-electron chi connectivity index (χ3n) is 1.13. The predicted molar refractivity (Wildman–Crippen MR) is 34.4 cm³/mol. The highest BCUT2D eigenvalue weighted by molar-refractivity contribution is 5.77. The van der Waals surface area contributed by atoms with Crippen LogP contribution in [-0.4, -0.2) is 12.6 Å². The van der Waals surface area contributed by atoms with Crippen LogP contribution < -0.4 is 0 Å². The highest BCUT2D eigenvalue weighted by atomic mass is 16.1. The minimum absolute atomic E-state index is 0.601. The van der Waals surface area contributed by atoms with E-state index in [1.807, 2.05) is 6.92 Å². The number of hydrogen-bond donors (Lipinski definition) is 0. The van der Waals surface area contributed by atoms with Crippen molar-refractivity contribution in [3.63, 3.8) is 0 Å². The zero-order valence-corrected chi connectivity index (χ0v) is 5.52. The molecule has 2 nitrogen and oxygen atoms in total. The first-order valence-corrected chi connectivity index (χ1v) is 3.10. The molecule has 0 aromatic rings. The SMILES string of the molecule is CCCCC([C]=O)[C]=O. The Kier molecular flexibility index (Phi) is 5.07. The Bertz CT molecular complexity index is 80.9. The lowest BCUT2D eigenvalue weighted by molar-refractivity contribution is 0.505. The predicted octanol–water partition coefficient (Wildman–Crippen LogP) is 1.01. The van der Waals surface area contributed by atoms with Crippen LogP contribution in [0.15, 0.2) is 0 Å². The van der Waals surface area contributed by atoms with Gasteiger partial charge in [-0.25, -0.2) is 0 Å². The van der Waals surface area contributed by atoms with E-state index in [1.165, 1.54) is 0 Å². The Morgan fingerprint density at radius 2 is 1.89 bits per heavy atom. The summed E-state index contributed by atoms with van der Waals surface area (Å²) >= 11 is 0. The van der Waals surface area contributed by atoms with Gasteiger partial charge in [-0.3, -0.25) is 9.59 Å². The topological polar surface area (TPSA) is 34.1 Å². The normalized spacial score (nSPS) is 9.56. The summed E-state index contributed by atoms with van der Waals surface area (Å²) in [6.45, 7) is 2.01. The van der Waals surface area contributed by atoms with Crippen LogP contribution >= 0.6 is 0 Å². The van der Waals surface area contributed by atoms with E-state index in [9.17, 15) is 9.59 Å². The molecular weight excluding hydrogens is 116 g/mol. The van der Waals surface area contributed by atoms with Crippen LogP contribution in [0.1, 0.15) is 26.2 Å². The van der Waals surface area contributed by atoms with Gasteiger partial charge in [0.25, 0.3) is 0 Å². The summed E-state index contributed by atoms with van der Waals surface area (Å²) in [5, 5.41) is 0. The van der Waals surface area contributed by atoms with E-state index < -0.39 is 5.92 Å². The van der Waals surface area contributed by atoms with Crippen LogP contribution in [0.3, 0.4) is 0 Å². The van der Waals surface area contributed by atoms with E-state index in [0.717, 1.165) is 12.8 Å². The Morgan fingerprint density at radius 3 is 2.22 bits per heavy atom. The maximum Gasteiger partial charge on any atom is 0.210 e. The molecule has 0 unspecified atom stereocenters. The molecule has 0 spiro atoms. The molecule has 0 saturated heterocycles. The molecule has 0 aromatic heterocycles. The van der Waals surface area contributed by atoms with E-state index in [1.54, 1.807) is 12.6 Å². The first kappa shape index (κ1) is 8.34. The lowest BCUT2D eigenvalue weighted by Gasteiger charge is -1.94. The lowest BCUT2D eigenvalue weighted by Crippen LogP contribution is -2.01. The average Bonchev–Trinajstić information content (AvgIpc) is 1.91. The van der Waals surface area contributed by atoms with E-state index >= 15 is 0 Å². The summed E-state index contributed by atoms with van der Waals surface area (Å²) in [7, 11) is 0. The molecule has 0 heterocycles. The molecule has 0 aliphatic heterocycles. The van der Waals surface area contributed by atoms with Crippen molar-refractivity contribution in [1.82, 2.24) is 0 Å². The smallest absolute Gasteiger partial charge is 0.210 e. The second-order valence-electron chi connectivity index (χ2n) is 1.93. The van der Waals surface area contributed by atoms with Crippen LogP contribution in [0.5, 0.6) is 0 Å². The summed E-state index contributed by atoms with van der Waals surface area (Å²) in [4.78, 5) is 19.7. The summed E-state index contributed by atoms with van der Waals surface area (Å²) < 4.78 is 0. The van der Waals surface area contributed by atoms with Gasteiger partial charge in [-0.15, -0.1) is 0 Å². The molecule has 0 N–H and O–H groups in total. The second kappa shape index (κ2) is 5.48. The monoisotopic (exact) mass is 126 g/mol. The van der Waals surface area contributed by atoms with E-state index in [4.69, 9.17) is 0 Å². The van der Waals surface area contributed by atoms with Gasteiger partial charge in [0.1, 0.15) is 0 Å². The summed E-state index contributed by atoms with van der Waals surface area (Å²) in [6, 6.07) is 0. The van der Waals surface area contributed by atoms with Crippen molar-refractivity contribution in [3.8, 4) is 0 Å². The zero-order valence-electron chi connectivity index (χ0n) is 5.52. The first-order valence-electron chi connectivity index (χ1n) is 3.10. The molecule has 2 heteroatoms. The molecule has 0 bridgehead atoms. The van der Waals surface area contributed by atoms with Crippen molar-refractivity contribution in [2.75, 3.05) is 0 Å². The average molecular weight is 126 g/mol. The minimum Gasteiger partial charge on any atom is -0.290 e. The molecule has 0 amide bonds. The van der Waals surface area contributed by atoms with Crippen molar-refractivity contribution in [2.45, 2.75) is 26.2 Å². The van der Waals surface area contributed by atoms with Gasteiger partial charge >= 0.3 is 0 Å². The van der Waals surface area contributed by atoms with Gasteiger partial charge in [0, 0.05) is 0 Å². The van der Waals surface area contributed by atoms with Crippen LogP contribution in [-0.2, 0) is 9.59 Å². The molecule has 0 saturated carbocycles. The van der Waals surface area contributed by atoms with Crippen molar-refractivity contribution in [3.05, 3.63) is 0 Å². The van der Waals surface area contributed by atoms with E-state index in [-0.39, 0.29) is 0 Å². The van der Waals surface area contributed by atoms with Crippen LogP contribution in [0.25, 0.3) is 0 Å². The van der Waals surface area contributed by atoms with Gasteiger partial charge in [-0.05, 0) is 6.42 Å². The van der Waals surface area contributed by atoms with Crippen LogP contribution in [0.2, 0.25) is 0 Å². The van der Waals surface area contributed by atoms with E-state index in [2.05, 4.69) is 0 Å². The second-order valence-corrected chi connectivity index (χ2v) is 1.93. The lowest BCUT2D eigenvalue weighted by atomic mass is 10.1. The standard InChI is InChI=1S/C7H10O2/c1-2-3-4-7(5-8)6-9/h7H,2-4H2,1H3. The fourth-order valence-corrected chi connectivity index (χ4v) is 0.550. The third-order valence-corrected chi connectivity index (χ3v) is 1.13. The minimum atomic E-state index is -0.607. The summed E-state index contributed by atoms with van der Waals surface area (Å²) in [5.41, 5.74) is 0. The van der Waals surface area contributed by atoms with Crippen LogP contribution in [0, 0.1) is 5.92 Å². The number of rotatable bonds is 5. The molecule has 0 aliphatic carbocycles. The van der Waals surface area contributed by atoms with E-state index in [0.29, 0.717) is 6.42 Å². The van der Waals surface area contributed by atoms with Crippen LogP contribution in [0.4, 0.5) is 0 Å². The first-order chi connectivity index (χ1) is 4.35. The van der Waals surface area contributed by atoms with Gasteiger partial charge < -0.3 is 0 Å². The molecule has 0 aliphatic rings. The summed E-state index contributed by atoms with van der Waals surface area (Å²) in [6.07, 6.45) is 5.72. The fraction of sp³-hybridized carbons (Fsp3) is 0.714. The number of unbranched alkanes of at least 4 members (excludes halogenated alkanes) is 1. The number of carbonyl (C=O) groups excluding carboxylic acids is 2. The van der Waals surface area contributed by atoms with Crippen molar-refractivity contribution in [1.29, 1.82) is 0 Å². The summed E-state index contributed by atoms with van der Waals surface area (Å²) in [5.74, 6) is -0.607. The Hall–Kier alpha value is -0.660. The van der Waals surface area contributed by atoms with Gasteiger partial charge in [0.2, 0.25) is 12.6 Å². The molecule has 9 heavy (non-hydrogen) atoms. The van der Waals surface area contributed by atoms with Crippen molar-refractivity contribution < 1.29 is 9.59 Å². The van der Waals surface area contributed by atoms with Gasteiger partial charge in [-0.1, -0.05) is 19.8 Å². The largest absolute Gasteiger partial charge is 0.290 e. The molecule has 0 atom stereocenters. The molecule has 0 fully saturated rings. The Morgan fingerprint density at radius 1 is 1.33 bits per heavy atom. The van der Waals surface area contributed by atoms with Gasteiger partial charge in [-0.2, -0.15) is 0 Å². The molecular formula is C7H10O2. The Balaban J connectivity index is 3.30. The zero-order chi connectivity index (χ0) is 7.11. The van der Waals surface area contributed by atoms with Gasteiger partial charge in [0.15, 0.2) is 0 Å². The third kappa shape index (κ3) is 3.88. The molecule has 0 aromatic carbocycles. The maximum atomic E-state index is 9.85. The maximum absolute atomic E-state index is 9.85. The van der Waals surface area contributed by atoms with Crippen molar-refractivity contribution in [2.24, 2.45) is 5.92 Å². The van der Waals surface area contributed by atoms with Crippen molar-refractivity contribution >= 4 is 12.6 Å². The molecule has 0 rings (SSSR count). The highest BCUT2D eigenvalue weighted by Crippen LogP contribution is 2.01. The fourth-order valence-electron chi connectivity index (χ4n) is 0.550. The number of hydrogen-bond acceptors (Lipinski definition) is 2. The quantitative estimate of drug-likeness (QED) is 0.515. The molecule has 2 radical (unpaired) electrons. The molecule has 50 valence electrons. The highest BCUT2D eigenvalue weighted by Gasteiger charge is 2.05. The Labute approximate surface area is 55.3 Å².